The van der Waals surface area contributed by atoms with Crippen molar-refractivity contribution in [1.82, 2.24) is 9.13 Å². The Morgan fingerprint density at radius 1 is 0.700 bits per heavy atom. The van der Waals surface area contributed by atoms with Gasteiger partial charge in [-0.25, -0.2) is 0 Å². The van der Waals surface area contributed by atoms with E-state index < -0.39 is 0 Å². The fourth-order valence-electron chi connectivity index (χ4n) is 6.90. The highest BCUT2D eigenvalue weighted by Gasteiger charge is 2.30. The van der Waals surface area contributed by atoms with Crippen LogP contribution in [-0.4, -0.2) is 9.13 Å². The maximum atomic E-state index is 6.69. The number of benzene rings is 4. The van der Waals surface area contributed by atoms with E-state index in [0.29, 0.717) is 5.92 Å². The van der Waals surface area contributed by atoms with Crippen LogP contribution in [0.5, 0.6) is 0 Å². The third kappa shape index (κ3) is 4.26. The molecule has 7 rings (SSSR count). The minimum atomic E-state index is 0.425. The van der Waals surface area contributed by atoms with E-state index >= 15 is 0 Å². The van der Waals surface area contributed by atoms with Gasteiger partial charge in [-0.3, -0.25) is 0 Å². The van der Waals surface area contributed by atoms with Crippen molar-refractivity contribution in [2.45, 2.75) is 52.1 Å². The molecule has 2 heterocycles. The van der Waals surface area contributed by atoms with Gasteiger partial charge in [0.05, 0.1) is 11.0 Å². The van der Waals surface area contributed by atoms with E-state index in [9.17, 15) is 0 Å². The second kappa shape index (κ2) is 10.2. The molecule has 6 aromatic rings. The summed E-state index contributed by atoms with van der Waals surface area (Å²) in [6.07, 6.45) is 3.18. The number of nitrogens with zero attached hydrogens (tertiary/aromatic N) is 2. The summed E-state index contributed by atoms with van der Waals surface area (Å²) >= 11 is 13.4. The summed E-state index contributed by atoms with van der Waals surface area (Å²) in [5, 5.41) is 4.28. The van der Waals surface area contributed by atoms with Gasteiger partial charge in [-0.2, -0.15) is 0 Å². The van der Waals surface area contributed by atoms with Crippen LogP contribution in [0.15, 0.2) is 91.0 Å². The normalized spacial score (nSPS) is 15.2. The average Bonchev–Trinajstić information content (AvgIpc) is 3.50. The van der Waals surface area contributed by atoms with E-state index in [1.54, 1.807) is 0 Å². The molecule has 2 aromatic heterocycles. The largest absolute Gasteiger partial charge is 0.340 e. The van der Waals surface area contributed by atoms with Gasteiger partial charge in [-0.15, -0.1) is 0 Å². The fourth-order valence-corrected chi connectivity index (χ4v) is 7.20. The summed E-state index contributed by atoms with van der Waals surface area (Å²) in [6, 6.07) is 32.5. The van der Waals surface area contributed by atoms with Crippen molar-refractivity contribution in [3.63, 3.8) is 0 Å². The molecule has 1 aliphatic carbocycles. The molecule has 4 heteroatoms. The van der Waals surface area contributed by atoms with Crippen LogP contribution in [0.25, 0.3) is 21.8 Å². The van der Waals surface area contributed by atoms with Gasteiger partial charge in [-0.1, -0.05) is 96.0 Å². The van der Waals surface area contributed by atoms with Crippen molar-refractivity contribution < 1.29 is 0 Å². The van der Waals surface area contributed by atoms with Gasteiger partial charge in [-0.05, 0) is 79.1 Å². The molecule has 2 nitrogen and oxygen atoms in total. The van der Waals surface area contributed by atoms with Crippen LogP contribution in [0.4, 0.5) is 0 Å². The fraction of sp³-hybridized carbons (Fsp3) is 0.222. The molecule has 0 bridgehead atoms. The number of aryl methyl sites for hydroxylation is 2. The SMILES string of the molecule is Cc1c(Cl)ccc2cc(C3CCc4c(c5ccc(Cl)c(C)c5n4Cc4ccccc4)C3)n(Cc3ccccc3)c12. The number of halogens is 2. The highest BCUT2D eigenvalue weighted by atomic mass is 35.5. The van der Waals surface area contributed by atoms with Crippen molar-refractivity contribution in [1.29, 1.82) is 0 Å². The summed E-state index contributed by atoms with van der Waals surface area (Å²) in [5.74, 6) is 0.425. The van der Waals surface area contributed by atoms with E-state index in [2.05, 4.69) is 108 Å². The summed E-state index contributed by atoms with van der Waals surface area (Å²) in [5.41, 5.74) is 11.8. The molecule has 0 amide bonds. The average molecular weight is 564 g/mol. The standard InChI is InChI=1S/C36H32Cl2N2/c1-23-31(37)16-13-28-20-34(40(35(23)28)22-26-11-7-4-8-12-26)27-14-18-33-30(19-27)29-15-17-32(38)24(2)36(29)39(33)21-25-9-5-3-6-10-25/h3-13,15-17,20,27H,14,18-19,21-22H2,1-2H3. The van der Waals surface area contributed by atoms with Gasteiger partial charge in [0, 0.05) is 51.2 Å². The molecule has 0 spiro atoms. The van der Waals surface area contributed by atoms with Crippen molar-refractivity contribution in [2.24, 2.45) is 0 Å². The number of hydrogen-bond acceptors (Lipinski definition) is 0. The minimum absolute atomic E-state index is 0.425. The maximum absolute atomic E-state index is 6.69. The first-order valence-electron chi connectivity index (χ1n) is 14.1. The Labute approximate surface area is 245 Å². The summed E-state index contributed by atoms with van der Waals surface area (Å²) in [4.78, 5) is 0. The topological polar surface area (TPSA) is 9.86 Å². The van der Waals surface area contributed by atoms with Gasteiger partial charge in [0.1, 0.15) is 0 Å². The molecule has 1 unspecified atom stereocenters. The number of rotatable bonds is 5. The highest BCUT2D eigenvalue weighted by Crippen LogP contribution is 2.43. The highest BCUT2D eigenvalue weighted by molar-refractivity contribution is 6.32. The molecular weight excluding hydrogens is 531 g/mol. The lowest BCUT2D eigenvalue weighted by atomic mass is 9.84. The molecular formula is C36H32Cl2N2. The van der Waals surface area contributed by atoms with Crippen molar-refractivity contribution in [3.05, 3.63) is 140 Å². The lowest BCUT2D eigenvalue weighted by Crippen LogP contribution is -2.18. The molecule has 200 valence electrons. The zero-order valence-electron chi connectivity index (χ0n) is 22.9. The zero-order chi connectivity index (χ0) is 27.4. The summed E-state index contributed by atoms with van der Waals surface area (Å²) in [7, 11) is 0. The van der Waals surface area contributed by atoms with Gasteiger partial charge in [0.25, 0.3) is 0 Å². The Morgan fingerprint density at radius 2 is 1.30 bits per heavy atom. The summed E-state index contributed by atoms with van der Waals surface area (Å²) in [6.45, 7) is 6.02. The van der Waals surface area contributed by atoms with Crippen molar-refractivity contribution >= 4 is 45.0 Å². The quantitative estimate of drug-likeness (QED) is 0.198. The van der Waals surface area contributed by atoms with E-state index in [4.69, 9.17) is 23.2 Å². The van der Waals surface area contributed by atoms with Crippen LogP contribution < -0.4 is 0 Å². The Morgan fingerprint density at radius 3 is 1.98 bits per heavy atom. The first-order chi connectivity index (χ1) is 19.5. The molecule has 4 aromatic carbocycles. The predicted octanol–water partition coefficient (Wildman–Crippen LogP) is 9.89. The van der Waals surface area contributed by atoms with Crippen LogP contribution in [0.3, 0.4) is 0 Å². The lowest BCUT2D eigenvalue weighted by molar-refractivity contribution is 0.532. The molecule has 0 radical (unpaired) electrons. The van der Waals surface area contributed by atoms with E-state index in [1.165, 1.54) is 55.4 Å². The molecule has 1 atom stereocenters. The van der Waals surface area contributed by atoms with Gasteiger partial charge in [0.15, 0.2) is 0 Å². The van der Waals surface area contributed by atoms with Crippen LogP contribution in [0.2, 0.25) is 10.0 Å². The first-order valence-corrected chi connectivity index (χ1v) is 14.9. The van der Waals surface area contributed by atoms with Gasteiger partial charge >= 0.3 is 0 Å². The molecule has 0 fully saturated rings. The third-order valence-corrected chi connectivity index (χ3v) is 9.70. The smallest absolute Gasteiger partial charge is 0.0533 e. The number of aromatic nitrogens is 2. The first kappa shape index (κ1) is 25.5. The zero-order valence-corrected chi connectivity index (χ0v) is 24.4. The van der Waals surface area contributed by atoms with Crippen LogP contribution in [-0.2, 0) is 25.9 Å². The Hall–Kier alpha value is -3.46. The minimum Gasteiger partial charge on any atom is -0.340 e. The van der Waals surface area contributed by atoms with Crippen LogP contribution in [0.1, 0.15) is 51.5 Å². The number of fused-ring (bicyclic) bond motifs is 4. The van der Waals surface area contributed by atoms with Crippen molar-refractivity contribution in [3.8, 4) is 0 Å². The Balaban J connectivity index is 1.37. The molecule has 40 heavy (non-hydrogen) atoms. The molecule has 0 N–H and O–H groups in total. The molecule has 1 aliphatic rings. The maximum Gasteiger partial charge on any atom is 0.0533 e. The van der Waals surface area contributed by atoms with Crippen LogP contribution >= 0.6 is 23.2 Å². The van der Waals surface area contributed by atoms with E-state index in [-0.39, 0.29) is 0 Å². The van der Waals surface area contributed by atoms with Gasteiger partial charge in [0.2, 0.25) is 0 Å². The summed E-state index contributed by atoms with van der Waals surface area (Å²) < 4.78 is 5.08. The monoisotopic (exact) mass is 562 g/mol. The molecule has 0 aliphatic heterocycles. The van der Waals surface area contributed by atoms with E-state index in [0.717, 1.165) is 48.0 Å². The predicted molar refractivity (Wildman–Crippen MR) is 169 cm³/mol. The van der Waals surface area contributed by atoms with E-state index in [1.807, 2.05) is 6.07 Å². The Kier molecular flexibility index (Phi) is 6.49. The second-order valence-corrected chi connectivity index (χ2v) is 12.1. The Bertz CT molecular complexity index is 1860. The third-order valence-electron chi connectivity index (χ3n) is 8.88. The lowest BCUT2D eigenvalue weighted by Gasteiger charge is -2.26. The van der Waals surface area contributed by atoms with Crippen molar-refractivity contribution in [2.75, 3.05) is 0 Å². The number of hydrogen-bond donors (Lipinski definition) is 0. The van der Waals surface area contributed by atoms with Crippen LogP contribution in [0, 0.1) is 13.8 Å². The second-order valence-electron chi connectivity index (χ2n) is 11.3. The molecule has 0 saturated carbocycles. The molecule has 0 saturated heterocycles. The van der Waals surface area contributed by atoms with Gasteiger partial charge < -0.3 is 9.13 Å².